The van der Waals surface area contributed by atoms with Gasteiger partial charge in [-0.3, -0.25) is 4.79 Å². The normalized spacial score (nSPS) is 11.2. The van der Waals surface area contributed by atoms with Crippen LogP contribution in [-0.2, 0) is 11.2 Å². The number of allylic oxidation sites excluding steroid dienone is 1. The minimum atomic E-state index is -1.11. The summed E-state index contributed by atoms with van der Waals surface area (Å²) in [5.41, 5.74) is 1.91. The van der Waals surface area contributed by atoms with E-state index in [1.165, 1.54) is 18.0 Å². The lowest BCUT2D eigenvalue weighted by Crippen LogP contribution is -2.20. The molecular formula is C30H25N3O7. The largest absolute Gasteiger partial charge is 0.496 e. The molecule has 0 spiro atoms. The van der Waals surface area contributed by atoms with Gasteiger partial charge in [0.05, 0.1) is 36.7 Å². The Kier molecular flexibility index (Phi) is 7.32. The van der Waals surface area contributed by atoms with Crippen LogP contribution in [0.2, 0.25) is 0 Å². The number of para-hydroxylation sites is 1. The molecule has 0 saturated heterocycles. The first-order chi connectivity index (χ1) is 19.4. The molecule has 10 heteroatoms. The first-order valence-corrected chi connectivity index (χ1v) is 12.2. The number of nitrogens with zero attached hydrogens (tertiary/aromatic N) is 3. The molecule has 2 aromatic heterocycles. The van der Waals surface area contributed by atoms with Crippen molar-refractivity contribution < 1.29 is 28.5 Å². The molecule has 0 atom stereocenters. The fourth-order valence-electron chi connectivity index (χ4n) is 4.35. The van der Waals surface area contributed by atoms with Crippen LogP contribution in [0.4, 0.5) is 0 Å². The number of carbonyl (C=O) groups is 1. The first-order valence-electron chi connectivity index (χ1n) is 12.2. The number of benzene rings is 3. The molecule has 0 unspecified atom stereocenters. The van der Waals surface area contributed by atoms with Crippen molar-refractivity contribution >= 4 is 34.1 Å². The Morgan fingerprint density at radius 3 is 2.62 bits per heavy atom. The van der Waals surface area contributed by atoms with E-state index in [1.807, 2.05) is 12.1 Å². The molecule has 0 saturated carbocycles. The number of rotatable bonds is 10. The smallest absolute Gasteiger partial charge is 0.341 e. The Hall–Kier alpha value is -5.38. The Bertz CT molecular complexity index is 1840. The molecule has 0 amide bonds. The van der Waals surface area contributed by atoms with Crippen LogP contribution in [0.5, 0.6) is 17.2 Å². The third-order valence-electron chi connectivity index (χ3n) is 6.12. The van der Waals surface area contributed by atoms with E-state index in [1.54, 1.807) is 61.7 Å². The summed E-state index contributed by atoms with van der Waals surface area (Å²) in [6, 6.07) is 17.6. The highest BCUT2D eigenvalue weighted by atomic mass is 16.5. The maximum absolute atomic E-state index is 13.6. The highest BCUT2D eigenvalue weighted by Gasteiger charge is 2.18. The van der Waals surface area contributed by atoms with Gasteiger partial charge in [0.25, 0.3) is 5.56 Å². The van der Waals surface area contributed by atoms with Gasteiger partial charge < -0.3 is 23.7 Å². The number of aromatic nitrogens is 2. The molecule has 0 fully saturated rings. The fraction of sp³-hybridized carbons (Fsp3) is 0.133. The van der Waals surface area contributed by atoms with Gasteiger partial charge in [-0.25, -0.2) is 9.78 Å². The van der Waals surface area contributed by atoms with Gasteiger partial charge in [0.15, 0.2) is 23.9 Å². The number of carboxylic acids is 1. The number of methoxy groups -OCH3 is 2. The average molecular weight is 540 g/mol. The van der Waals surface area contributed by atoms with Crippen LogP contribution in [-0.4, -0.2) is 47.8 Å². The molecule has 40 heavy (non-hydrogen) atoms. The van der Waals surface area contributed by atoms with Crippen molar-refractivity contribution in [3.63, 3.8) is 0 Å². The summed E-state index contributed by atoms with van der Waals surface area (Å²) in [6.45, 7) is 3.24. The molecule has 0 bridgehead atoms. The summed E-state index contributed by atoms with van der Waals surface area (Å²) in [6.07, 6.45) is 3.53. The molecule has 0 aliphatic carbocycles. The number of carboxylic acid groups (broad SMARTS) is 1. The summed E-state index contributed by atoms with van der Waals surface area (Å²) in [5.74, 6) is 0.660. The quantitative estimate of drug-likeness (QED) is 0.196. The standard InChI is InChI=1S/C30H25N3O7/c1-4-8-19-13-18(14-25(38-3)28(19)39-17-27(34)35)16-31-33-29(32-22-10-6-5-9-20(22)30(33)36)26-15-21-23(37-2)11-7-12-24(21)40-26/h4-7,9-16H,1,8,17H2,2-3H3,(H,34,35). The van der Waals surface area contributed by atoms with E-state index < -0.39 is 12.6 Å². The molecule has 1 N–H and O–H groups in total. The zero-order valence-corrected chi connectivity index (χ0v) is 21.8. The van der Waals surface area contributed by atoms with Gasteiger partial charge in [0.2, 0.25) is 5.82 Å². The number of hydrogen-bond donors (Lipinski definition) is 1. The van der Waals surface area contributed by atoms with Crippen molar-refractivity contribution in [1.29, 1.82) is 0 Å². The van der Waals surface area contributed by atoms with E-state index in [0.29, 0.717) is 57.0 Å². The van der Waals surface area contributed by atoms with Crippen LogP contribution in [0.1, 0.15) is 11.1 Å². The Labute approximate surface area is 228 Å². The van der Waals surface area contributed by atoms with E-state index >= 15 is 0 Å². The molecule has 202 valence electrons. The van der Waals surface area contributed by atoms with Crippen molar-refractivity contribution in [2.75, 3.05) is 20.8 Å². The van der Waals surface area contributed by atoms with Crippen molar-refractivity contribution in [3.8, 4) is 28.8 Å². The van der Waals surface area contributed by atoms with Crippen LogP contribution < -0.4 is 19.8 Å². The maximum Gasteiger partial charge on any atom is 0.341 e. The van der Waals surface area contributed by atoms with Crippen LogP contribution >= 0.6 is 0 Å². The zero-order valence-electron chi connectivity index (χ0n) is 21.8. The van der Waals surface area contributed by atoms with E-state index in [-0.39, 0.29) is 11.4 Å². The monoisotopic (exact) mass is 539 g/mol. The van der Waals surface area contributed by atoms with Crippen LogP contribution in [0, 0.1) is 0 Å². The van der Waals surface area contributed by atoms with E-state index in [0.717, 1.165) is 5.39 Å². The predicted octanol–water partition coefficient (Wildman–Crippen LogP) is 4.90. The summed E-state index contributed by atoms with van der Waals surface area (Å²) >= 11 is 0. The fourth-order valence-corrected chi connectivity index (χ4v) is 4.35. The molecule has 0 aliphatic heterocycles. The van der Waals surface area contributed by atoms with Gasteiger partial charge in [-0.05, 0) is 54.4 Å². The molecule has 3 aromatic carbocycles. The second kappa shape index (κ2) is 11.2. The minimum absolute atomic E-state index is 0.206. The highest BCUT2D eigenvalue weighted by Crippen LogP contribution is 2.34. The lowest BCUT2D eigenvalue weighted by molar-refractivity contribution is -0.139. The van der Waals surface area contributed by atoms with Gasteiger partial charge in [0, 0.05) is 5.56 Å². The summed E-state index contributed by atoms with van der Waals surface area (Å²) in [5, 5.41) is 14.7. The number of fused-ring (bicyclic) bond motifs is 2. The highest BCUT2D eigenvalue weighted by molar-refractivity contribution is 5.89. The second-order valence-electron chi connectivity index (χ2n) is 8.68. The topological polar surface area (TPSA) is 125 Å². The van der Waals surface area contributed by atoms with Gasteiger partial charge in [-0.2, -0.15) is 9.78 Å². The van der Waals surface area contributed by atoms with E-state index in [4.69, 9.17) is 28.7 Å². The van der Waals surface area contributed by atoms with Crippen LogP contribution in [0.15, 0.2) is 87.6 Å². The van der Waals surface area contributed by atoms with E-state index in [9.17, 15) is 9.59 Å². The Balaban J connectivity index is 1.66. The predicted molar refractivity (Wildman–Crippen MR) is 151 cm³/mol. The van der Waals surface area contributed by atoms with Crippen molar-refractivity contribution in [2.24, 2.45) is 5.10 Å². The Morgan fingerprint density at radius 1 is 1.07 bits per heavy atom. The number of aliphatic carboxylic acids is 1. The molecule has 5 rings (SSSR count). The number of ether oxygens (including phenoxy) is 3. The summed E-state index contributed by atoms with van der Waals surface area (Å²) < 4.78 is 23.7. The lowest BCUT2D eigenvalue weighted by atomic mass is 10.1. The van der Waals surface area contributed by atoms with Gasteiger partial charge >= 0.3 is 5.97 Å². The number of furan rings is 1. The van der Waals surface area contributed by atoms with Crippen LogP contribution in [0.25, 0.3) is 33.5 Å². The number of hydrogen-bond acceptors (Lipinski definition) is 8. The minimum Gasteiger partial charge on any atom is -0.496 e. The lowest BCUT2D eigenvalue weighted by Gasteiger charge is -2.14. The SMILES string of the molecule is C=CCc1cc(C=Nn2c(-c3cc4c(OC)cccc4o3)nc3ccccc3c2=O)cc(OC)c1OCC(=O)O. The molecule has 0 aliphatic rings. The summed E-state index contributed by atoms with van der Waals surface area (Å²) in [4.78, 5) is 29.4. The summed E-state index contributed by atoms with van der Waals surface area (Å²) in [7, 11) is 3.02. The third kappa shape index (κ3) is 5.02. The molecule has 2 heterocycles. The van der Waals surface area contributed by atoms with Gasteiger partial charge in [-0.1, -0.05) is 24.3 Å². The van der Waals surface area contributed by atoms with Crippen molar-refractivity contribution in [1.82, 2.24) is 9.66 Å². The molecular weight excluding hydrogens is 514 g/mol. The molecule has 5 aromatic rings. The second-order valence-corrected chi connectivity index (χ2v) is 8.68. The maximum atomic E-state index is 13.6. The van der Waals surface area contributed by atoms with Crippen LogP contribution in [0.3, 0.4) is 0 Å². The van der Waals surface area contributed by atoms with E-state index in [2.05, 4.69) is 11.7 Å². The third-order valence-corrected chi connectivity index (χ3v) is 6.12. The van der Waals surface area contributed by atoms with Gasteiger partial charge in [-0.15, -0.1) is 6.58 Å². The Morgan fingerprint density at radius 2 is 1.88 bits per heavy atom. The average Bonchev–Trinajstić information content (AvgIpc) is 3.40. The molecule has 10 nitrogen and oxygen atoms in total. The van der Waals surface area contributed by atoms with Gasteiger partial charge in [0.1, 0.15) is 11.3 Å². The van der Waals surface area contributed by atoms with Crippen molar-refractivity contribution in [2.45, 2.75) is 6.42 Å². The molecule has 0 radical (unpaired) electrons. The zero-order chi connectivity index (χ0) is 28.2. The first kappa shape index (κ1) is 26.2. The van der Waals surface area contributed by atoms with Crippen molar-refractivity contribution in [3.05, 3.63) is 94.8 Å².